The van der Waals surface area contributed by atoms with E-state index in [9.17, 15) is 19.5 Å². The molecule has 1 fully saturated rings. The number of nitrogens with zero attached hydrogens (tertiary/aromatic N) is 1. The maximum absolute atomic E-state index is 12.1. The number of aromatic nitrogens is 2. The third-order valence-corrected chi connectivity index (χ3v) is 4.35. The molecule has 5 N–H and O–H groups in total. The molecule has 0 aromatic carbocycles. The fourth-order valence-corrected chi connectivity index (χ4v) is 2.78. The fraction of sp³-hybridized carbons (Fsp3) is 0.611. The van der Waals surface area contributed by atoms with Crippen molar-refractivity contribution >= 4 is 12.0 Å². The number of hydrogen-bond acceptors (Lipinski definition) is 6. The van der Waals surface area contributed by atoms with E-state index < -0.39 is 29.7 Å². The molecule has 9 nitrogen and oxygen atoms in total. The first kappa shape index (κ1) is 19.5. The molecule has 1 saturated heterocycles. The highest BCUT2D eigenvalue weighted by molar-refractivity contribution is 5.91. The third-order valence-electron chi connectivity index (χ3n) is 4.35. The van der Waals surface area contributed by atoms with Gasteiger partial charge in [0.15, 0.2) is 0 Å². The molecule has 0 spiro atoms. The summed E-state index contributed by atoms with van der Waals surface area (Å²) in [5.41, 5.74) is 4.24. The lowest BCUT2D eigenvalue weighted by Gasteiger charge is -2.13. The zero-order chi connectivity index (χ0) is 20.5. The minimum atomic E-state index is -0.851. The van der Waals surface area contributed by atoms with E-state index in [0.717, 1.165) is 30.3 Å². The topological polar surface area (TPSA) is 139 Å². The largest absolute Gasteiger partial charge is 0.390 e. The highest BCUT2D eigenvalue weighted by Crippen LogP contribution is 2.27. The summed E-state index contributed by atoms with van der Waals surface area (Å²) < 4.78 is 14.0. The maximum atomic E-state index is 12.1. The molecular weight excluding hydrogens is 352 g/mol. The molecule has 150 valence electrons. The van der Waals surface area contributed by atoms with Gasteiger partial charge >= 0.3 is 5.69 Å². The number of aliphatic hydroxyl groups is 1. The van der Waals surface area contributed by atoms with Gasteiger partial charge in [0.05, 0.1) is 17.8 Å². The van der Waals surface area contributed by atoms with Crippen LogP contribution < -0.4 is 22.3 Å². The zero-order valence-corrected chi connectivity index (χ0v) is 15.2. The van der Waals surface area contributed by atoms with E-state index in [1.54, 1.807) is 0 Å². The molecule has 0 radical (unpaired) electrons. The monoisotopic (exact) mass is 381 g/mol. The van der Waals surface area contributed by atoms with Crippen molar-refractivity contribution in [3.05, 3.63) is 38.7 Å². The molecule has 1 aromatic heterocycles. The number of amides is 1. The second kappa shape index (κ2) is 10.2. The molecule has 1 amide bonds. The first-order valence-corrected chi connectivity index (χ1v) is 9.10. The second-order valence-electron chi connectivity index (χ2n) is 6.51. The Kier molecular flexibility index (Phi) is 7.37. The molecule has 2 rings (SSSR count). The SMILES string of the molecule is [2H]C[C@H]1O[C@@H](n2cc(/C=C/C(=O)NCCCCCCN)c(=O)[nH]c2=O)CC1O. The van der Waals surface area contributed by atoms with Crippen molar-refractivity contribution in [2.75, 3.05) is 13.1 Å². The van der Waals surface area contributed by atoms with Crippen molar-refractivity contribution < 1.29 is 16.0 Å². The highest BCUT2D eigenvalue weighted by atomic mass is 16.5. The van der Waals surface area contributed by atoms with Gasteiger partial charge in [0.2, 0.25) is 5.91 Å². The summed E-state index contributed by atoms with van der Waals surface area (Å²) in [6, 6.07) is 0. The van der Waals surface area contributed by atoms with Gasteiger partial charge in [-0.15, -0.1) is 0 Å². The Hall–Kier alpha value is -2.23. The average Bonchev–Trinajstić information content (AvgIpc) is 3.04. The van der Waals surface area contributed by atoms with Crippen molar-refractivity contribution in [2.24, 2.45) is 5.73 Å². The van der Waals surface area contributed by atoms with Crippen molar-refractivity contribution in [1.82, 2.24) is 14.9 Å². The van der Waals surface area contributed by atoms with Crippen LogP contribution in [0.25, 0.3) is 6.08 Å². The molecule has 0 bridgehead atoms. The first-order valence-electron chi connectivity index (χ1n) is 9.81. The number of H-pyrrole nitrogens is 1. The molecule has 0 saturated carbocycles. The lowest BCUT2D eigenvalue weighted by Crippen LogP contribution is -2.33. The number of unbranched alkanes of at least 4 members (excludes halogenated alkanes) is 3. The van der Waals surface area contributed by atoms with Crippen LogP contribution in [-0.4, -0.2) is 45.9 Å². The van der Waals surface area contributed by atoms with E-state index in [0.29, 0.717) is 13.1 Å². The van der Waals surface area contributed by atoms with E-state index in [1.807, 2.05) is 0 Å². The molecule has 1 aromatic rings. The maximum Gasteiger partial charge on any atom is 0.330 e. The number of aromatic amines is 1. The first-order chi connectivity index (χ1) is 13.5. The van der Waals surface area contributed by atoms with E-state index in [-0.39, 0.29) is 24.8 Å². The lowest BCUT2D eigenvalue weighted by molar-refractivity contribution is -0.116. The van der Waals surface area contributed by atoms with Crippen LogP contribution in [0.3, 0.4) is 0 Å². The fourth-order valence-electron chi connectivity index (χ4n) is 2.78. The Labute approximate surface area is 158 Å². The number of nitrogens with one attached hydrogen (secondary N) is 2. The smallest absolute Gasteiger partial charge is 0.330 e. The van der Waals surface area contributed by atoms with Gasteiger partial charge in [-0.2, -0.15) is 0 Å². The van der Waals surface area contributed by atoms with Gasteiger partial charge in [0, 0.05) is 26.6 Å². The molecule has 27 heavy (non-hydrogen) atoms. The van der Waals surface area contributed by atoms with E-state index in [4.69, 9.17) is 11.8 Å². The quantitative estimate of drug-likeness (QED) is 0.347. The minimum Gasteiger partial charge on any atom is -0.390 e. The number of aliphatic hydroxyl groups excluding tert-OH is 1. The normalized spacial score (nSPS) is 22.9. The number of carbonyl (C=O) groups excluding carboxylic acids is 1. The van der Waals surface area contributed by atoms with Gasteiger partial charge in [-0.1, -0.05) is 12.8 Å². The van der Waals surface area contributed by atoms with Crippen molar-refractivity contribution in [3.63, 3.8) is 0 Å². The van der Waals surface area contributed by atoms with Gasteiger partial charge in [0.1, 0.15) is 6.23 Å². The zero-order valence-electron chi connectivity index (χ0n) is 16.2. The predicted molar refractivity (Wildman–Crippen MR) is 101 cm³/mol. The van der Waals surface area contributed by atoms with E-state index in [1.165, 1.54) is 18.3 Å². The minimum absolute atomic E-state index is 0.116. The number of carbonyl (C=O) groups is 1. The van der Waals surface area contributed by atoms with Crippen LogP contribution in [-0.2, 0) is 9.53 Å². The van der Waals surface area contributed by atoms with Crippen LogP contribution in [0.4, 0.5) is 0 Å². The Morgan fingerprint density at radius 3 is 2.96 bits per heavy atom. The Bertz CT molecular complexity index is 791. The Morgan fingerprint density at radius 2 is 2.26 bits per heavy atom. The number of ether oxygens (including phenoxy) is 1. The Morgan fingerprint density at radius 1 is 1.48 bits per heavy atom. The second-order valence-corrected chi connectivity index (χ2v) is 6.51. The summed E-state index contributed by atoms with van der Waals surface area (Å²) in [6.45, 7) is 1.07. The predicted octanol–water partition coefficient (Wildman–Crippen LogP) is -0.147. The summed E-state index contributed by atoms with van der Waals surface area (Å²) in [7, 11) is 0. The Balaban J connectivity index is 1.98. The molecule has 1 aliphatic rings. The molecule has 9 heteroatoms. The molecule has 1 unspecified atom stereocenters. The third kappa shape index (κ3) is 6.16. The lowest BCUT2D eigenvalue weighted by atomic mass is 10.2. The van der Waals surface area contributed by atoms with Crippen LogP contribution in [0.2, 0.25) is 0 Å². The standard InChI is InChI=1S/C18H28N4O5/c1-12-14(23)10-16(27-12)22-11-13(17(25)21-18(22)26)6-7-15(24)20-9-5-3-2-4-8-19/h6-7,11-12,14,16,23H,2-5,8-10,19H2,1H3,(H,20,24)(H,21,25,26)/b7-6+/t12-,14?,16-/m1/s1/i1D. The van der Waals surface area contributed by atoms with Gasteiger partial charge in [-0.25, -0.2) is 4.79 Å². The molecule has 2 heterocycles. The number of nitrogens with two attached hydrogens (primary N) is 1. The number of hydrogen-bond donors (Lipinski definition) is 4. The summed E-state index contributed by atoms with van der Waals surface area (Å²) in [4.78, 5) is 38.1. The van der Waals surface area contributed by atoms with E-state index >= 15 is 0 Å². The summed E-state index contributed by atoms with van der Waals surface area (Å²) in [6.07, 6.45) is 5.52. The van der Waals surface area contributed by atoms with Crippen LogP contribution in [0.1, 0.15) is 52.2 Å². The van der Waals surface area contributed by atoms with Gasteiger partial charge in [0.25, 0.3) is 5.56 Å². The molecule has 3 atom stereocenters. The molecular formula is C18H28N4O5. The summed E-state index contributed by atoms with van der Waals surface area (Å²) in [5, 5.41) is 12.6. The van der Waals surface area contributed by atoms with Gasteiger partial charge in [-0.05, 0) is 32.4 Å². The summed E-state index contributed by atoms with van der Waals surface area (Å²) in [5.74, 6) is -0.335. The summed E-state index contributed by atoms with van der Waals surface area (Å²) >= 11 is 0. The van der Waals surface area contributed by atoms with Gasteiger partial charge < -0.3 is 20.9 Å². The van der Waals surface area contributed by atoms with Crippen molar-refractivity contribution in [1.29, 1.82) is 0 Å². The molecule has 1 aliphatic heterocycles. The van der Waals surface area contributed by atoms with Gasteiger partial charge in [-0.3, -0.25) is 19.1 Å². The van der Waals surface area contributed by atoms with E-state index in [2.05, 4.69) is 10.3 Å². The molecule has 0 aliphatic carbocycles. The average molecular weight is 381 g/mol. The van der Waals surface area contributed by atoms with Crippen LogP contribution >= 0.6 is 0 Å². The van der Waals surface area contributed by atoms with Crippen LogP contribution in [0, 0.1) is 0 Å². The highest BCUT2D eigenvalue weighted by Gasteiger charge is 2.32. The van der Waals surface area contributed by atoms with Crippen molar-refractivity contribution in [3.8, 4) is 0 Å². The van der Waals surface area contributed by atoms with Crippen molar-refractivity contribution in [2.45, 2.75) is 57.4 Å². The number of rotatable bonds is 9. The van der Waals surface area contributed by atoms with Crippen LogP contribution in [0.15, 0.2) is 21.9 Å². The van der Waals surface area contributed by atoms with Crippen LogP contribution in [0.5, 0.6) is 0 Å².